The van der Waals surface area contributed by atoms with E-state index in [1.807, 2.05) is 0 Å². The Labute approximate surface area is 414 Å². The number of anilines is 8. The zero-order chi connectivity index (χ0) is 47.1. The summed E-state index contributed by atoms with van der Waals surface area (Å²) < 4.78 is 2.37. The Morgan fingerprint density at radius 3 is 1.38 bits per heavy atom. The van der Waals surface area contributed by atoms with Crippen LogP contribution in [0, 0.1) is 0 Å². The molecule has 71 heavy (non-hydrogen) atoms. The highest BCUT2D eigenvalue weighted by molar-refractivity contribution is 6.10. The minimum atomic E-state index is 0.137. The van der Waals surface area contributed by atoms with Crippen molar-refractivity contribution in [3.05, 3.63) is 291 Å². The lowest BCUT2D eigenvalue weighted by atomic mass is 9.94. The van der Waals surface area contributed by atoms with Crippen LogP contribution in [-0.4, -0.2) is 10.6 Å². The first kappa shape index (κ1) is 41.8. The fourth-order valence-corrected chi connectivity index (χ4v) is 10.6. The average molecular weight is 909 g/mol. The number of rotatable bonds is 10. The summed E-state index contributed by atoms with van der Waals surface area (Å²) in [5.41, 5.74) is 19.7. The van der Waals surface area contributed by atoms with Crippen molar-refractivity contribution in [3.63, 3.8) is 0 Å². The molecular formula is C67H48N4. The average Bonchev–Trinajstić information content (AvgIpc) is 3.62. The van der Waals surface area contributed by atoms with Crippen molar-refractivity contribution in [2.45, 2.75) is 6.04 Å². The maximum absolute atomic E-state index is 2.43. The summed E-state index contributed by atoms with van der Waals surface area (Å²) in [4.78, 5) is 7.15. The second-order valence-corrected chi connectivity index (χ2v) is 18.2. The molecule has 13 rings (SSSR count). The fourth-order valence-electron chi connectivity index (χ4n) is 10.6. The lowest BCUT2D eigenvalue weighted by molar-refractivity contribution is 0.932. The number of nitrogens with zero attached hydrogens (tertiary/aromatic N) is 4. The van der Waals surface area contributed by atoms with Crippen LogP contribution in [0.25, 0.3) is 55.3 Å². The summed E-state index contributed by atoms with van der Waals surface area (Å²) in [6, 6.07) is 92.2. The van der Waals surface area contributed by atoms with Gasteiger partial charge in [-0.25, -0.2) is 0 Å². The van der Waals surface area contributed by atoms with Crippen molar-refractivity contribution >= 4 is 72.9 Å². The van der Waals surface area contributed by atoms with E-state index in [0.717, 1.165) is 39.8 Å². The molecular weight excluding hydrogens is 861 g/mol. The summed E-state index contributed by atoms with van der Waals surface area (Å²) in [5, 5.41) is 2.46. The number of para-hydroxylation sites is 5. The van der Waals surface area contributed by atoms with E-state index in [9.17, 15) is 0 Å². The third-order valence-corrected chi connectivity index (χ3v) is 13.9. The number of fused-ring (bicyclic) bond motifs is 6. The van der Waals surface area contributed by atoms with E-state index >= 15 is 0 Å². The number of hydrogen-bond acceptors (Lipinski definition) is 3. The molecule has 1 atom stereocenters. The Hall–Kier alpha value is -9.38. The molecule has 0 saturated heterocycles. The van der Waals surface area contributed by atoms with Gasteiger partial charge in [0.15, 0.2) is 0 Å². The van der Waals surface area contributed by atoms with E-state index in [1.54, 1.807) is 0 Å². The Balaban J connectivity index is 0.789. The van der Waals surface area contributed by atoms with E-state index in [4.69, 9.17) is 0 Å². The molecule has 336 valence electrons. The highest BCUT2D eigenvalue weighted by Gasteiger charge is 2.28. The molecule has 11 aromatic rings. The van der Waals surface area contributed by atoms with Gasteiger partial charge in [-0.05, 0) is 149 Å². The third-order valence-electron chi connectivity index (χ3n) is 13.9. The molecule has 4 nitrogen and oxygen atoms in total. The van der Waals surface area contributed by atoms with Crippen LogP contribution in [0.5, 0.6) is 0 Å². The molecule has 1 aromatic heterocycles. The van der Waals surface area contributed by atoms with Gasteiger partial charge < -0.3 is 19.3 Å². The van der Waals surface area contributed by atoms with Gasteiger partial charge in [0.05, 0.1) is 17.1 Å². The third kappa shape index (κ3) is 7.69. The predicted octanol–water partition coefficient (Wildman–Crippen LogP) is 18.1. The molecule has 0 radical (unpaired) electrons. The number of benzene rings is 10. The topological polar surface area (TPSA) is 14.7 Å². The molecule has 10 aromatic carbocycles. The largest absolute Gasteiger partial charge is 0.330 e. The van der Waals surface area contributed by atoms with Gasteiger partial charge >= 0.3 is 0 Å². The zero-order valence-corrected chi connectivity index (χ0v) is 39.0. The van der Waals surface area contributed by atoms with Gasteiger partial charge in [0.1, 0.15) is 0 Å². The monoisotopic (exact) mass is 908 g/mol. The Morgan fingerprint density at radius 2 is 0.789 bits per heavy atom. The Kier molecular flexibility index (Phi) is 10.6. The molecule has 2 heterocycles. The maximum Gasteiger partial charge on any atom is 0.0718 e. The first-order valence-electron chi connectivity index (χ1n) is 24.4. The summed E-state index contributed by atoms with van der Waals surface area (Å²) in [5.74, 6) is 0. The highest BCUT2D eigenvalue weighted by Crippen LogP contribution is 2.46. The zero-order valence-electron chi connectivity index (χ0n) is 39.0. The molecule has 1 aliphatic heterocycles. The van der Waals surface area contributed by atoms with Gasteiger partial charge in [0.25, 0.3) is 0 Å². The fraction of sp³-hybridized carbons (Fsp3) is 0.0149. The second kappa shape index (κ2) is 17.9. The van der Waals surface area contributed by atoms with Crippen LogP contribution in [0.15, 0.2) is 285 Å². The molecule has 1 unspecified atom stereocenters. The quantitative estimate of drug-likeness (QED) is 0.136. The van der Waals surface area contributed by atoms with E-state index in [0.29, 0.717) is 0 Å². The Bertz CT molecular complexity index is 3780. The van der Waals surface area contributed by atoms with Crippen molar-refractivity contribution in [2.24, 2.45) is 0 Å². The predicted molar refractivity (Wildman–Crippen MR) is 300 cm³/mol. The van der Waals surface area contributed by atoms with Gasteiger partial charge in [-0.15, -0.1) is 0 Å². The summed E-state index contributed by atoms with van der Waals surface area (Å²) in [7, 11) is 0. The van der Waals surface area contributed by atoms with Crippen molar-refractivity contribution in [3.8, 4) is 27.9 Å². The molecule has 0 N–H and O–H groups in total. The van der Waals surface area contributed by atoms with Crippen molar-refractivity contribution in [1.82, 2.24) is 4.57 Å². The van der Waals surface area contributed by atoms with Crippen LogP contribution in [-0.2, 0) is 0 Å². The minimum absolute atomic E-state index is 0.137. The summed E-state index contributed by atoms with van der Waals surface area (Å²) >= 11 is 0. The summed E-state index contributed by atoms with van der Waals surface area (Å²) in [6.45, 7) is 0. The van der Waals surface area contributed by atoms with Gasteiger partial charge in [0, 0.05) is 67.5 Å². The second-order valence-electron chi connectivity index (χ2n) is 18.2. The lowest BCUT2D eigenvalue weighted by Crippen LogP contribution is -2.31. The molecule has 0 fully saturated rings. The number of allylic oxidation sites excluding steroid dienone is 4. The molecule has 0 amide bonds. The van der Waals surface area contributed by atoms with Gasteiger partial charge in [-0.2, -0.15) is 0 Å². The molecule has 1 aliphatic carbocycles. The van der Waals surface area contributed by atoms with Crippen LogP contribution in [0.3, 0.4) is 0 Å². The van der Waals surface area contributed by atoms with Crippen LogP contribution in [0.2, 0.25) is 0 Å². The SMILES string of the molecule is C1=CC2=CC(C=C1)N(c1ccccc1)c1ccc(N(c3ccccc3)c3ccc(-c4ccc(-c5ccc(N(c6ccccc6)c6ccc7c(c6)c6ccccc6n7-c6ccccc6)cc5)cc4)cc3)cc12. The van der Waals surface area contributed by atoms with Crippen molar-refractivity contribution < 1.29 is 0 Å². The molecule has 0 saturated carbocycles. The van der Waals surface area contributed by atoms with E-state index in [1.165, 1.54) is 66.6 Å². The first-order valence-corrected chi connectivity index (χ1v) is 24.4. The van der Waals surface area contributed by atoms with Crippen LogP contribution >= 0.6 is 0 Å². The smallest absolute Gasteiger partial charge is 0.0718 e. The molecule has 4 heteroatoms. The van der Waals surface area contributed by atoms with E-state index in [-0.39, 0.29) is 6.04 Å². The normalized spacial score (nSPS) is 13.7. The first-order chi connectivity index (χ1) is 35.2. The maximum atomic E-state index is 2.43. The molecule has 2 aliphatic rings. The molecule has 2 bridgehead atoms. The van der Waals surface area contributed by atoms with E-state index in [2.05, 4.69) is 304 Å². The van der Waals surface area contributed by atoms with Gasteiger partial charge in [0.2, 0.25) is 0 Å². The Morgan fingerprint density at radius 1 is 0.338 bits per heavy atom. The minimum Gasteiger partial charge on any atom is -0.330 e. The molecule has 0 spiro atoms. The van der Waals surface area contributed by atoms with Crippen molar-refractivity contribution in [2.75, 3.05) is 14.7 Å². The van der Waals surface area contributed by atoms with Crippen LogP contribution in [0.1, 0.15) is 5.56 Å². The highest BCUT2D eigenvalue weighted by atomic mass is 15.2. The van der Waals surface area contributed by atoms with Crippen molar-refractivity contribution in [1.29, 1.82) is 0 Å². The van der Waals surface area contributed by atoms with Gasteiger partial charge in [-0.3, -0.25) is 0 Å². The van der Waals surface area contributed by atoms with Gasteiger partial charge in [-0.1, -0.05) is 164 Å². The van der Waals surface area contributed by atoms with Crippen LogP contribution in [0.4, 0.5) is 45.5 Å². The number of aromatic nitrogens is 1. The van der Waals surface area contributed by atoms with E-state index < -0.39 is 0 Å². The number of hydrogen-bond donors (Lipinski definition) is 0. The summed E-state index contributed by atoms with van der Waals surface area (Å²) in [6.07, 6.45) is 11.2. The standard InChI is InChI=1S/C67H48N4/c1-5-18-53(19-6-1)68(60-41-43-66-63(46-60)52-17-13-14-26-59(45-52)70(66)55-22-9-3-10-23-55)57-37-33-50(34-38-57)48-29-31-49(32-30-48)51-35-39-58(40-36-51)69(54-20-7-2-8-21-54)61-42-44-67-64(47-61)62-27-15-16-28-65(62)71(67)56-24-11-4-12-25-56/h1-47,59H. The van der Waals surface area contributed by atoms with Crippen LogP contribution < -0.4 is 14.7 Å². The lowest BCUT2D eigenvalue weighted by Gasteiger charge is -2.36.